The molecule has 1 saturated heterocycles. The summed E-state index contributed by atoms with van der Waals surface area (Å²) in [5.74, 6) is 5.38. The second-order valence-electron chi connectivity index (χ2n) is 5.26. The summed E-state index contributed by atoms with van der Waals surface area (Å²) in [7, 11) is 0. The first-order chi connectivity index (χ1) is 9.51. The summed E-state index contributed by atoms with van der Waals surface area (Å²) in [4.78, 5) is 15.1. The number of nitrogens with zero attached hydrogens (tertiary/aromatic N) is 3. The SMILES string of the molecule is CC(C)N1CCN(c2cc(NN)cc([N+](=O)[O-])c2)CC1. The van der Waals surface area contributed by atoms with Crippen LogP contribution in [0.25, 0.3) is 0 Å². The highest BCUT2D eigenvalue weighted by molar-refractivity contribution is 5.64. The third kappa shape index (κ3) is 3.17. The van der Waals surface area contributed by atoms with Crippen LogP contribution in [-0.4, -0.2) is 42.0 Å². The molecule has 3 N–H and O–H groups in total. The summed E-state index contributed by atoms with van der Waals surface area (Å²) in [6.07, 6.45) is 0. The largest absolute Gasteiger partial charge is 0.369 e. The van der Waals surface area contributed by atoms with Crippen LogP contribution < -0.4 is 16.2 Å². The predicted octanol–water partition coefficient (Wildman–Crippen LogP) is 1.41. The zero-order valence-corrected chi connectivity index (χ0v) is 11.9. The molecule has 0 unspecified atom stereocenters. The lowest BCUT2D eigenvalue weighted by molar-refractivity contribution is -0.384. The molecule has 0 bridgehead atoms. The Morgan fingerprint density at radius 3 is 2.40 bits per heavy atom. The first kappa shape index (κ1) is 14.5. The Labute approximate surface area is 118 Å². The average molecular weight is 279 g/mol. The van der Waals surface area contributed by atoms with Crippen LogP contribution in [0.3, 0.4) is 0 Å². The van der Waals surface area contributed by atoms with E-state index in [9.17, 15) is 10.1 Å². The molecule has 1 fully saturated rings. The number of hydrazine groups is 1. The molecule has 1 aromatic carbocycles. The summed E-state index contributed by atoms with van der Waals surface area (Å²) >= 11 is 0. The number of piperazine rings is 1. The van der Waals surface area contributed by atoms with E-state index in [-0.39, 0.29) is 5.69 Å². The highest BCUT2D eigenvalue weighted by atomic mass is 16.6. The molecule has 1 aliphatic rings. The molecule has 0 atom stereocenters. The van der Waals surface area contributed by atoms with Crippen molar-refractivity contribution in [1.82, 2.24) is 4.90 Å². The Kier molecular flexibility index (Phi) is 4.41. The zero-order chi connectivity index (χ0) is 14.7. The van der Waals surface area contributed by atoms with Crippen molar-refractivity contribution in [2.75, 3.05) is 36.5 Å². The molecular weight excluding hydrogens is 258 g/mol. The third-order valence-electron chi connectivity index (χ3n) is 3.69. The molecule has 7 heteroatoms. The zero-order valence-electron chi connectivity index (χ0n) is 11.9. The summed E-state index contributed by atoms with van der Waals surface area (Å²) in [6.45, 7) is 8.02. The highest BCUT2D eigenvalue weighted by Gasteiger charge is 2.21. The minimum Gasteiger partial charge on any atom is -0.369 e. The van der Waals surface area contributed by atoms with E-state index in [0.29, 0.717) is 11.7 Å². The van der Waals surface area contributed by atoms with E-state index < -0.39 is 4.92 Å². The molecule has 0 aliphatic carbocycles. The summed E-state index contributed by atoms with van der Waals surface area (Å²) in [5.41, 5.74) is 3.94. The van der Waals surface area contributed by atoms with Gasteiger partial charge in [-0.3, -0.25) is 20.9 Å². The van der Waals surface area contributed by atoms with E-state index in [1.807, 2.05) is 6.07 Å². The fourth-order valence-corrected chi connectivity index (χ4v) is 2.46. The Morgan fingerprint density at radius 2 is 1.90 bits per heavy atom. The van der Waals surface area contributed by atoms with Gasteiger partial charge in [0.1, 0.15) is 0 Å². The fourth-order valence-electron chi connectivity index (χ4n) is 2.46. The van der Waals surface area contributed by atoms with Crippen LogP contribution in [-0.2, 0) is 0 Å². The Morgan fingerprint density at radius 1 is 1.25 bits per heavy atom. The smallest absolute Gasteiger partial charge is 0.273 e. The highest BCUT2D eigenvalue weighted by Crippen LogP contribution is 2.27. The number of nitrogens with one attached hydrogen (secondary N) is 1. The maximum atomic E-state index is 11.0. The number of rotatable bonds is 4. The van der Waals surface area contributed by atoms with Gasteiger partial charge in [-0.25, -0.2) is 0 Å². The topological polar surface area (TPSA) is 87.7 Å². The van der Waals surface area contributed by atoms with Crippen molar-refractivity contribution < 1.29 is 4.92 Å². The Balaban J connectivity index is 2.17. The van der Waals surface area contributed by atoms with Crippen molar-refractivity contribution in [2.24, 2.45) is 5.84 Å². The lowest BCUT2D eigenvalue weighted by Crippen LogP contribution is -2.48. The van der Waals surface area contributed by atoms with Crippen molar-refractivity contribution in [2.45, 2.75) is 19.9 Å². The molecule has 20 heavy (non-hydrogen) atoms. The average Bonchev–Trinajstić information content (AvgIpc) is 2.46. The van der Waals surface area contributed by atoms with Crippen LogP contribution in [0.2, 0.25) is 0 Å². The quantitative estimate of drug-likeness (QED) is 0.492. The van der Waals surface area contributed by atoms with Crippen molar-refractivity contribution in [1.29, 1.82) is 0 Å². The van der Waals surface area contributed by atoms with Gasteiger partial charge in [0.2, 0.25) is 0 Å². The minimum absolute atomic E-state index is 0.0572. The molecule has 7 nitrogen and oxygen atoms in total. The third-order valence-corrected chi connectivity index (χ3v) is 3.69. The molecule has 1 aliphatic heterocycles. The van der Waals surface area contributed by atoms with Gasteiger partial charge in [0.15, 0.2) is 0 Å². The number of hydrogen-bond acceptors (Lipinski definition) is 6. The van der Waals surface area contributed by atoms with Crippen LogP contribution >= 0.6 is 0 Å². The summed E-state index contributed by atoms with van der Waals surface area (Å²) < 4.78 is 0. The number of hydrogen-bond donors (Lipinski definition) is 2. The second kappa shape index (κ2) is 6.06. The van der Waals surface area contributed by atoms with Crippen LogP contribution in [0, 0.1) is 10.1 Å². The maximum absolute atomic E-state index is 11.0. The molecule has 0 amide bonds. The van der Waals surface area contributed by atoms with Gasteiger partial charge in [-0.2, -0.15) is 0 Å². The van der Waals surface area contributed by atoms with E-state index in [2.05, 4.69) is 29.1 Å². The van der Waals surface area contributed by atoms with E-state index in [4.69, 9.17) is 5.84 Å². The van der Waals surface area contributed by atoms with Gasteiger partial charge in [-0.1, -0.05) is 0 Å². The number of nitrogens with two attached hydrogens (primary N) is 1. The maximum Gasteiger partial charge on any atom is 0.273 e. The minimum atomic E-state index is -0.394. The standard InChI is InChI=1S/C13H21N5O2/c1-10(2)16-3-5-17(6-4-16)12-7-11(15-14)8-13(9-12)18(19)20/h7-10,15H,3-6,14H2,1-2H3. The number of nitro groups is 1. The first-order valence-electron chi connectivity index (χ1n) is 6.76. The Bertz CT molecular complexity index is 484. The van der Waals surface area contributed by atoms with E-state index in [0.717, 1.165) is 31.9 Å². The molecule has 0 aromatic heterocycles. The molecule has 0 spiro atoms. The fraction of sp³-hybridized carbons (Fsp3) is 0.538. The second-order valence-corrected chi connectivity index (χ2v) is 5.26. The van der Waals surface area contributed by atoms with Crippen LogP contribution in [0.5, 0.6) is 0 Å². The molecule has 2 rings (SSSR count). The molecule has 0 saturated carbocycles. The normalized spacial score (nSPS) is 16.5. The molecule has 1 aromatic rings. The summed E-state index contributed by atoms with van der Waals surface area (Å²) in [6, 6.07) is 5.42. The van der Waals surface area contributed by atoms with Crippen molar-refractivity contribution >= 4 is 17.1 Å². The molecular formula is C13H21N5O2. The number of nitro benzene ring substituents is 1. The van der Waals surface area contributed by atoms with Gasteiger partial charge >= 0.3 is 0 Å². The van der Waals surface area contributed by atoms with E-state index in [1.54, 1.807) is 6.07 Å². The molecule has 0 radical (unpaired) electrons. The summed E-state index contributed by atoms with van der Waals surface area (Å²) in [5, 5.41) is 11.0. The number of non-ortho nitro benzene ring substituents is 1. The predicted molar refractivity (Wildman–Crippen MR) is 79.8 cm³/mol. The number of benzene rings is 1. The van der Waals surface area contributed by atoms with Gasteiger partial charge in [0.05, 0.1) is 10.6 Å². The van der Waals surface area contributed by atoms with Crippen molar-refractivity contribution in [3.8, 4) is 0 Å². The molecule has 1 heterocycles. The van der Waals surface area contributed by atoms with Crippen molar-refractivity contribution in [3.63, 3.8) is 0 Å². The van der Waals surface area contributed by atoms with Crippen LogP contribution in [0.1, 0.15) is 13.8 Å². The lowest BCUT2D eigenvalue weighted by Gasteiger charge is -2.38. The van der Waals surface area contributed by atoms with Crippen molar-refractivity contribution in [3.05, 3.63) is 28.3 Å². The van der Waals surface area contributed by atoms with Gasteiger partial charge in [-0.05, 0) is 19.9 Å². The van der Waals surface area contributed by atoms with Gasteiger partial charge in [-0.15, -0.1) is 0 Å². The van der Waals surface area contributed by atoms with E-state index in [1.165, 1.54) is 6.07 Å². The first-order valence-corrected chi connectivity index (χ1v) is 6.76. The van der Waals surface area contributed by atoms with Gasteiger partial charge < -0.3 is 10.3 Å². The van der Waals surface area contributed by atoms with Crippen LogP contribution in [0.4, 0.5) is 17.1 Å². The Hall–Kier alpha value is -1.86. The number of anilines is 2. The van der Waals surface area contributed by atoms with Crippen LogP contribution in [0.15, 0.2) is 18.2 Å². The molecule has 110 valence electrons. The monoisotopic (exact) mass is 279 g/mol. The van der Waals surface area contributed by atoms with Gasteiger partial charge in [0.25, 0.3) is 5.69 Å². The number of nitrogen functional groups attached to an aromatic ring is 1. The van der Waals surface area contributed by atoms with Gasteiger partial charge in [0, 0.05) is 50.0 Å². The lowest BCUT2D eigenvalue weighted by atomic mass is 10.2. The van der Waals surface area contributed by atoms with E-state index >= 15 is 0 Å².